The van der Waals surface area contributed by atoms with Crippen molar-refractivity contribution in [3.05, 3.63) is 30.1 Å². The van der Waals surface area contributed by atoms with E-state index < -0.39 is 0 Å². The monoisotopic (exact) mass is 204 g/mol. The van der Waals surface area contributed by atoms with Crippen LogP contribution in [0.25, 0.3) is 0 Å². The zero-order valence-electron chi connectivity index (χ0n) is 8.38. The number of nitrogens with one attached hydrogen (secondary N) is 1. The molecular weight excluding hydrogens is 192 g/mol. The molecule has 0 fully saturated rings. The minimum Gasteiger partial charge on any atom is -0.368 e. The summed E-state index contributed by atoms with van der Waals surface area (Å²) in [5.74, 6) is 0.902. The lowest BCUT2D eigenvalue weighted by molar-refractivity contribution is 0.866. The third-order valence-electron chi connectivity index (χ3n) is 1.97. The van der Waals surface area contributed by atoms with Crippen molar-refractivity contribution >= 4 is 11.9 Å². The van der Waals surface area contributed by atoms with E-state index in [1.807, 2.05) is 30.3 Å². The lowest BCUT2D eigenvalue weighted by Gasteiger charge is -2.13. The number of nitrogens with zero attached hydrogens (tertiary/aromatic N) is 4. The Morgan fingerprint density at radius 3 is 3.00 bits per heavy atom. The maximum absolute atomic E-state index is 5.44. The summed E-state index contributed by atoms with van der Waals surface area (Å²) in [6.45, 7) is 0.700. The van der Waals surface area contributed by atoms with E-state index >= 15 is 0 Å². The zero-order valence-corrected chi connectivity index (χ0v) is 8.38. The molecule has 0 aliphatic carbocycles. The van der Waals surface area contributed by atoms with Crippen LogP contribution in [-0.2, 0) is 6.54 Å². The van der Waals surface area contributed by atoms with Gasteiger partial charge in [0.1, 0.15) is 0 Å². The standard InChI is InChI=1S/C9H12N6/c1-15(9-12-8(10)13-14-9)6-7-3-2-4-11-5-7/h2-5H,6H2,1H3,(H3,10,12,13,14). The molecule has 15 heavy (non-hydrogen) atoms. The highest BCUT2D eigenvalue weighted by atomic mass is 15.4. The summed E-state index contributed by atoms with van der Waals surface area (Å²) in [7, 11) is 1.90. The molecule has 2 heterocycles. The molecule has 0 bridgehead atoms. The Kier molecular flexibility index (Phi) is 2.49. The van der Waals surface area contributed by atoms with E-state index in [0.717, 1.165) is 5.56 Å². The van der Waals surface area contributed by atoms with Gasteiger partial charge in [-0.25, -0.2) is 5.10 Å². The normalized spacial score (nSPS) is 10.2. The predicted molar refractivity (Wildman–Crippen MR) is 57.1 cm³/mol. The summed E-state index contributed by atoms with van der Waals surface area (Å²) in [6.07, 6.45) is 3.56. The maximum atomic E-state index is 5.44. The molecule has 0 aromatic carbocycles. The van der Waals surface area contributed by atoms with Crippen molar-refractivity contribution in [3.8, 4) is 0 Å². The van der Waals surface area contributed by atoms with Crippen LogP contribution in [0.5, 0.6) is 0 Å². The van der Waals surface area contributed by atoms with Crippen molar-refractivity contribution in [2.45, 2.75) is 6.54 Å². The molecule has 0 spiro atoms. The van der Waals surface area contributed by atoms with Gasteiger partial charge in [0.05, 0.1) is 0 Å². The lowest BCUT2D eigenvalue weighted by Crippen LogP contribution is -2.17. The fraction of sp³-hybridized carbons (Fsp3) is 0.222. The Bertz CT molecular complexity index is 423. The molecule has 2 aromatic rings. The van der Waals surface area contributed by atoms with Crippen molar-refractivity contribution in [1.29, 1.82) is 0 Å². The van der Waals surface area contributed by atoms with Gasteiger partial charge in [0.2, 0.25) is 11.9 Å². The molecule has 0 amide bonds. The third kappa shape index (κ3) is 2.22. The average Bonchev–Trinajstić information content (AvgIpc) is 2.66. The first-order valence-electron chi connectivity index (χ1n) is 4.53. The van der Waals surface area contributed by atoms with Gasteiger partial charge in [0, 0.05) is 26.0 Å². The molecule has 0 aliphatic rings. The van der Waals surface area contributed by atoms with E-state index in [2.05, 4.69) is 20.2 Å². The molecule has 0 saturated heterocycles. The van der Waals surface area contributed by atoms with Gasteiger partial charge in [-0.05, 0) is 11.6 Å². The van der Waals surface area contributed by atoms with Gasteiger partial charge in [0.25, 0.3) is 0 Å². The smallest absolute Gasteiger partial charge is 0.246 e. The number of pyridine rings is 1. The van der Waals surface area contributed by atoms with Gasteiger partial charge in [0.15, 0.2) is 0 Å². The van der Waals surface area contributed by atoms with E-state index in [1.165, 1.54) is 0 Å². The highest BCUT2D eigenvalue weighted by molar-refractivity contribution is 5.33. The molecular formula is C9H12N6. The summed E-state index contributed by atoms with van der Waals surface area (Å²) < 4.78 is 0. The van der Waals surface area contributed by atoms with Crippen molar-refractivity contribution < 1.29 is 0 Å². The first kappa shape index (κ1) is 9.45. The van der Waals surface area contributed by atoms with E-state index in [-0.39, 0.29) is 0 Å². The molecule has 2 rings (SSSR count). The Balaban J connectivity index is 2.07. The van der Waals surface area contributed by atoms with Crippen molar-refractivity contribution in [1.82, 2.24) is 20.2 Å². The van der Waals surface area contributed by atoms with Crippen LogP contribution in [-0.4, -0.2) is 27.2 Å². The highest BCUT2D eigenvalue weighted by Gasteiger charge is 2.06. The van der Waals surface area contributed by atoms with E-state index in [9.17, 15) is 0 Å². The van der Waals surface area contributed by atoms with Gasteiger partial charge in [-0.2, -0.15) is 4.98 Å². The number of aromatic amines is 1. The Hall–Kier alpha value is -2.11. The Labute approximate surface area is 87.2 Å². The van der Waals surface area contributed by atoms with Gasteiger partial charge in [-0.3, -0.25) is 4.98 Å². The van der Waals surface area contributed by atoms with E-state index in [1.54, 1.807) is 6.20 Å². The molecule has 0 atom stereocenters. The fourth-order valence-electron chi connectivity index (χ4n) is 1.27. The molecule has 6 nitrogen and oxygen atoms in total. The number of H-pyrrole nitrogens is 1. The third-order valence-corrected chi connectivity index (χ3v) is 1.97. The van der Waals surface area contributed by atoms with Crippen molar-refractivity contribution in [3.63, 3.8) is 0 Å². The first-order chi connectivity index (χ1) is 7.25. The van der Waals surface area contributed by atoms with Crippen LogP contribution in [0.15, 0.2) is 24.5 Å². The number of rotatable bonds is 3. The van der Waals surface area contributed by atoms with Gasteiger partial charge >= 0.3 is 0 Å². The molecule has 6 heteroatoms. The highest BCUT2D eigenvalue weighted by Crippen LogP contribution is 2.09. The quantitative estimate of drug-likeness (QED) is 0.756. The van der Waals surface area contributed by atoms with Gasteiger partial charge in [-0.1, -0.05) is 6.07 Å². The van der Waals surface area contributed by atoms with Gasteiger partial charge < -0.3 is 10.6 Å². The second-order valence-corrected chi connectivity index (χ2v) is 3.24. The lowest BCUT2D eigenvalue weighted by atomic mass is 10.3. The number of aromatic nitrogens is 4. The fourth-order valence-corrected chi connectivity index (χ4v) is 1.27. The number of hydrogen-bond acceptors (Lipinski definition) is 5. The molecule has 3 N–H and O–H groups in total. The summed E-state index contributed by atoms with van der Waals surface area (Å²) in [5, 5.41) is 6.55. The molecule has 0 unspecified atom stereocenters. The SMILES string of the molecule is CN(Cc1cccnc1)c1n[nH]c(N)n1. The molecule has 2 aromatic heterocycles. The van der Waals surface area contributed by atoms with Gasteiger partial charge in [-0.15, -0.1) is 5.10 Å². The minimum absolute atomic E-state index is 0.322. The maximum Gasteiger partial charge on any atom is 0.246 e. The molecule has 0 radical (unpaired) electrons. The number of anilines is 2. The number of nitrogen functional groups attached to an aromatic ring is 1. The van der Waals surface area contributed by atoms with E-state index in [4.69, 9.17) is 5.73 Å². The summed E-state index contributed by atoms with van der Waals surface area (Å²) in [5.41, 5.74) is 6.54. The van der Waals surface area contributed by atoms with Crippen LogP contribution in [0, 0.1) is 0 Å². The van der Waals surface area contributed by atoms with Crippen molar-refractivity contribution in [2.75, 3.05) is 17.7 Å². The molecule has 0 saturated carbocycles. The molecule has 78 valence electrons. The second kappa shape index (κ2) is 3.95. The average molecular weight is 204 g/mol. The van der Waals surface area contributed by atoms with Crippen LogP contribution >= 0.6 is 0 Å². The number of hydrogen-bond donors (Lipinski definition) is 2. The predicted octanol–water partition coefficient (Wildman–Crippen LogP) is 0.418. The summed E-state index contributed by atoms with van der Waals surface area (Å²) >= 11 is 0. The summed E-state index contributed by atoms with van der Waals surface area (Å²) in [6, 6.07) is 3.90. The number of nitrogens with two attached hydrogens (primary N) is 1. The Morgan fingerprint density at radius 2 is 2.40 bits per heavy atom. The topological polar surface area (TPSA) is 83.7 Å². The van der Waals surface area contributed by atoms with Crippen LogP contribution in [0.2, 0.25) is 0 Å². The van der Waals surface area contributed by atoms with Crippen LogP contribution < -0.4 is 10.6 Å². The summed E-state index contributed by atoms with van der Waals surface area (Å²) in [4.78, 5) is 9.95. The van der Waals surface area contributed by atoms with Crippen LogP contribution in [0.3, 0.4) is 0 Å². The second-order valence-electron chi connectivity index (χ2n) is 3.24. The first-order valence-corrected chi connectivity index (χ1v) is 4.53. The van der Waals surface area contributed by atoms with Crippen LogP contribution in [0.4, 0.5) is 11.9 Å². The van der Waals surface area contributed by atoms with E-state index in [0.29, 0.717) is 18.4 Å². The Morgan fingerprint density at radius 1 is 1.53 bits per heavy atom. The zero-order chi connectivity index (χ0) is 10.7. The van der Waals surface area contributed by atoms with Crippen molar-refractivity contribution in [2.24, 2.45) is 0 Å². The van der Waals surface area contributed by atoms with Crippen LogP contribution in [0.1, 0.15) is 5.56 Å². The minimum atomic E-state index is 0.322. The molecule has 0 aliphatic heterocycles. The largest absolute Gasteiger partial charge is 0.368 e.